The maximum Gasteiger partial charge on any atom is 0.119 e. The number of hydrogen-bond acceptors (Lipinski definition) is 3. The lowest BCUT2D eigenvalue weighted by molar-refractivity contribution is -0.916. The summed E-state index contributed by atoms with van der Waals surface area (Å²) >= 11 is 0. The molecule has 0 aliphatic carbocycles. The van der Waals surface area contributed by atoms with Gasteiger partial charge in [0, 0.05) is 18.1 Å². The zero-order valence-corrected chi connectivity index (χ0v) is 10.9. The molecule has 0 amide bonds. The third-order valence-corrected chi connectivity index (χ3v) is 3.35. The highest BCUT2D eigenvalue weighted by molar-refractivity contribution is 4.72. The van der Waals surface area contributed by atoms with E-state index < -0.39 is 0 Å². The molecule has 0 rings (SSSR count). The fourth-order valence-corrected chi connectivity index (χ4v) is 0.925. The fraction of sp³-hybridized carbons (Fsp3) is 1.00. The van der Waals surface area contributed by atoms with Crippen LogP contribution < -0.4 is 5.17 Å². The van der Waals surface area contributed by atoms with Gasteiger partial charge in [0.1, 0.15) is 5.54 Å². The van der Waals surface area contributed by atoms with Crippen LogP contribution in [0, 0.1) is 5.21 Å². The Labute approximate surface area is 93.3 Å². The Morgan fingerprint density at radius 1 is 1.00 bits per heavy atom. The van der Waals surface area contributed by atoms with Gasteiger partial charge in [-0.05, 0) is 27.2 Å². The highest BCUT2D eigenvalue weighted by Gasteiger charge is 2.28. The average Bonchev–Trinajstić information content (AvgIpc) is 2.24. The minimum absolute atomic E-state index is 0.0889. The van der Waals surface area contributed by atoms with Crippen LogP contribution in [0.4, 0.5) is 0 Å². The summed E-state index contributed by atoms with van der Waals surface area (Å²) < 4.78 is 0. The molecule has 0 spiro atoms. The van der Waals surface area contributed by atoms with Gasteiger partial charge >= 0.3 is 0 Å². The highest BCUT2D eigenvalue weighted by atomic mass is 16.5. The molecule has 0 radical (unpaired) electrons. The minimum atomic E-state index is -0.340. The maximum absolute atomic E-state index is 11.8. The van der Waals surface area contributed by atoms with Crippen molar-refractivity contribution >= 4 is 0 Å². The Morgan fingerprint density at radius 3 is 1.80 bits per heavy atom. The van der Waals surface area contributed by atoms with Crippen molar-refractivity contribution in [1.82, 2.24) is 0 Å². The molecule has 15 heavy (non-hydrogen) atoms. The van der Waals surface area contributed by atoms with Crippen LogP contribution in [0.2, 0.25) is 0 Å². The van der Waals surface area contributed by atoms with Crippen LogP contribution in [0.15, 0.2) is 10.3 Å². The first kappa shape index (κ1) is 14.5. The molecule has 0 bridgehead atoms. The molecule has 1 N–H and O–H groups in total. The SMILES string of the molecule is CCC(C)(C)N=N[NH+]([O-])C(C)(CC)CC. The van der Waals surface area contributed by atoms with E-state index >= 15 is 0 Å². The molecule has 0 aliphatic heterocycles. The van der Waals surface area contributed by atoms with Crippen LogP contribution in [0.1, 0.15) is 60.8 Å². The van der Waals surface area contributed by atoms with E-state index in [1.54, 1.807) is 0 Å². The first-order valence-electron chi connectivity index (χ1n) is 5.78. The number of nitrogens with one attached hydrogen (secondary N) is 1. The van der Waals surface area contributed by atoms with E-state index in [0.29, 0.717) is 0 Å². The van der Waals surface area contributed by atoms with E-state index in [1.165, 1.54) is 0 Å². The van der Waals surface area contributed by atoms with Gasteiger partial charge in [-0.3, -0.25) is 0 Å². The standard InChI is InChI=1S/C11H25N3O/c1-7-10(4,5)12-13-14(15)11(6,8-2)9-3/h14H,7-9H2,1-6H3. The Morgan fingerprint density at radius 2 is 1.47 bits per heavy atom. The summed E-state index contributed by atoms with van der Waals surface area (Å²) in [6.45, 7) is 12.0. The van der Waals surface area contributed by atoms with Gasteiger partial charge < -0.3 is 5.21 Å². The van der Waals surface area contributed by atoms with Crippen molar-refractivity contribution in [2.45, 2.75) is 71.9 Å². The zero-order valence-electron chi connectivity index (χ0n) is 10.9. The van der Waals surface area contributed by atoms with E-state index in [-0.39, 0.29) is 16.3 Å². The monoisotopic (exact) mass is 215 g/mol. The first-order valence-corrected chi connectivity index (χ1v) is 5.78. The summed E-state index contributed by atoms with van der Waals surface area (Å²) in [5.41, 5.74) is -0.564. The smallest absolute Gasteiger partial charge is 0.119 e. The van der Waals surface area contributed by atoms with Gasteiger partial charge in [0.15, 0.2) is 0 Å². The van der Waals surface area contributed by atoms with E-state index in [4.69, 9.17) is 0 Å². The predicted octanol–water partition coefficient (Wildman–Crippen LogP) is 2.50. The third kappa shape index (κ3) is 4.26. The summed E-state index contributed by atoms with van der Waals surface area (Å²) in [6, 6.07) is 0. The van der Waals surface area contributed by atoms with E-state index in [9.17, 15) is 5.21 Å². The molecule has 1 unspecified atom stereocenters. The molecule has 4 nitrogen and oxygen atoms in total. The second-order valence-corrected chi connectivity index (χ2v) is 4.94. The second kappa shape index (κ2) is 5.56. The van der Waals surface area contributed by atoms with Gasteiger partial charge in [0.05, 0.1) is 5.54 Å². The molecule has 0 aromatic heterocycles. The molecule has 0 heterocycles. The molecule has 0 fully saturated rings. The highest BCUT2D eigenvalue weighted by Crippen LogP contribution is 2.13. The second-order valence-electron chi connectivity index (χ2n) is 4.94. The summed E-state index contributed by atoms with van der Waals surface area (Å²) in [5, 5.41) is 19.7. The van der Waals surface area contributed by atoms with Crippen molar-refractivity contribution in [3.8, 4) is 0 Å². The quantitative estimate of drug-likeness (QED) is 0.537. The lowest BCUT2D eigenvalue weighted by Gasteiger charge is -2.34. The van der Waals surface area contributed by atoms with Crippen LogP contribution in [0.25, 0.3) is 0 Å². The van der Waals surface area contributed by atoms with E-state index in [0.717, 1.165) is 19.3 Å². The third-order valence-electron chi connectivity index (χ3n) is 3.35. The molecule has 4 heteroatoms. The maximum atomic E-state index is 11.8. The summed E-state index contributed by atoms with van der Waals surface area (Å²) in [6.07, 6.45) is 2.51. The molecule has 0 saturated heterocycles. The molecule has 0 aromatic rings. The van der Waals surface area contributed by atoms with Crippen LogP contribution in [0.5, 0.6) is 0 Å². The molecule has 0 aromatic carbocycles. The van der Waals surface area contributed by atoms with Gasteiger partial charge in [0.2, 0.25) is 0 Å². The predicted molar refractivity (Wildman–Crippen MR) is 62.5 cm³/mol. The van der Waals surface area contributed by atoms with Gasteiger partial charge in [0.25, 0.3) is 0 Å². The van der Waals surface area contributed by atoms with Gasteiger partial charge in [-0.25, -0.2) is 5.17 Å². The normalized spacial score (nSPS) is 15.9. The topological polar surface area (TPSA) is 52.2 Å². The van der Waals surface area contributed by atoms with Crippen LogP contribution in [-0.4, -0.2) is 11.1 Å². The molecular formula is C11H25N3O. The van der Waals surface area contributed by atoms with E-state index in [2.05, 4.69) is 10.3 Å². The minimum Gasteiger partial charge on any atom is -0.604 e. The molecule has 1 atom stereocenters. The Bertz CT molecular complexity index is 210. The Kier molecular flexibility index (Phi) is 5.38. The lowest BCUT2D eigenvalue weighted by Crippen LogP contribution is -3.11. The summed E-state index contributed by atoms with van der Waals surface area (Å²) in [4.78, 5) is 0. The van der Waals surface area contributed by atoms with Crippen molar-refractivity contribution < 1.29 is 5.17 Å². The van der Waals surface area contributed by atoms with Crippen LogP contribution >= 0.6 is 0 Å². The number of nitrogens with zero attached hydrogens (tertiary/aromatic N) is 2. The first-order chi connectivity index (χ1) is 6.81. The number of hydroxylamine groups is 1. The number of hydrogen-bond donors (Lipinski definition) is 1. The average molecular weight is 215 g/mol. The van der Waals surface area contributed by atoms with E-state index in [1.807, 2.05) is 41.5 Å². The summed E-state index contributed by atoms with van der Waals surface area (Å²) in [5.74, 6) is 0. The van der Waals surface area contributed by atoms with Gasteiger partial charge in [-0.15, -0.1) is 5.11 Å². The van der Waals surface area contributed by atoms with Crippen molar-refractivity contribution in [2.24, 2.45) is 10.3 Å². The van der Waals surface area contributed by atoms with Crippen molar-refractivity contribution in [2.75, 3.05) is 0 Å². The van der Waals surface area contributed by atoms with Crippen molar-refractivity contribution in [1.29, 1.82) is 0 Å². The van der Waals surface area contributed by atoms with Crippen molar-refractivity contribution in [3.05, 3.63) is 5.21 Å². The lowest BCUT2D eigenvalue weighted by atomic mass is 9.96. The molecule has 90 valence electrons. The van der Waals surface area contributed by atoms with Crippen LogP contribution in [-0.2, 0) is 0 Å². The zero-order chi connectivity index (χ0) is 12.1. The van der Waals surface area contributed by atoms with Crippen LogP contribution in [0.3, 0.4) is 0 Å². The largest absolute Gasteiger partial charge is 0.604 e. The van der Waals surface area contributed by atoms with Crippen molar-refractivity contribution in [3.63, 3.8) is 0 Å². The molecule has 0 aliphatic rings. The number of rotatable bonds is 6. The fourth-order valence-electron chi connectivity index (χ4n) is 0.925. The Balaban J connectivity index is 4.54. The Hall–Kier alpha value is -0.480. The van der Waals surface area contributed by atoms with Gasteiger partial charge in [-0.2, -0.15) is 0 Å². The van der Waals surface area contributed by atoms with Gasteiger partial charge in [-0.1, -0.05) is 20.8 Å². The summed E-state index contributed by atoms with van der Waals surface area (Å²) in [7, 11) is 0. The molecular weight excluding hydrogens is 190 g/mol. The molecule has 0 saturated carbocycles. The number of quaternary nitrogens is 1.